The molecule has 1 N–H and O–H groups in total. The van der Waals surface area contributed by atoms with Crippen LogP contribution in [0.5, 0.6) is 0 Å². The number of aromatic nitrogens is 2. The summed E-state index contributed by atoms with van der Waals surface area (Å²) in [7, 11) is 1.68. The van der Waals surface area contributed by atoms with E-state index in [4.69, 9.17) is 4.74 Å². The Bertz CT molecular complexity index is 554. The Morgan fingerprint density at radius 1 is 1.25 bits per heavy atom. The standard InChI is InChI=1S/C15H21N3OS/c1-4-8-16-14-9-11(10-19-3)17-15(18-14)13-7-6-12(5-2)20-13/h6-7,9H,4-5,8,10H2,1-3H3,(H,16,17,18). The first-order chi connectivity index (χ1) is 9.76. The van der Waals surface area contributed by atoms with E-state index in [0.717, 1.165) is 41.6 Å². The van der Waals surface area contributed by atoms with Crippen molar-refractivity contribution in [3.05, 3.63) is 28.8 Å². The van der Waals surface area contributed by atoms with Gasteiger partial charge in [0.25, 0.3) is 0 Å². The number of nitrogens with one attached hydrogen (secondary N) is 1. The number of hydrogen-bond donors (Lipinski definition) is 1. The van der Waals surface area contributed by atoms with Gasteiger partial charge in [0, 0.05) is 24.6 Å². The van der Waals surface area contributed by atoms with E-state index in [1.54, 1.807) is 18.4 Å². The minimum Gasteiger partial charge on any atom is -0.378 e. The van der Waals surface area contributed by atoms with Crippen molar-refractivity contribution in [2.75, 3.05) is 19.0 Å². The quantitative estimate of drug-likeness (QED) is 0.844. The number of nitrogens with zero attached hydrogens (tertiary/aromatic N) is 2. The van der Waals surface area contributed by atoms with E-state index in [9.17, 15) is 0 Å². The SMILES string of the molecule is CCCNc1cc(COC)nc(-c2ccc(CC)s2)n1. The second-order valence-electron chi connectivity index (χ2n) is 4.55. The fourth-order valence-corrected chi connectivity index (χ4v) is 2.74. The summed E-state index contributed by atoms with van der Waals surface area (Å²) < 4.78 is 5.19. The Balaban J connectivity index is 2.32. The predicted octanol–water partition coefficient (Wildman–Crippen LogP) is 3.74. The third-order valence-corrected chi connectivity index (χ3v) is 4.08. The van der Waals surface area contributed by atoms with Crippen LogP contribution < -0.4 is 5.32 Å². The first kappa shape index (κ1) is 14.9. The largest absolute Gasteiger partial charge is 0.378 e. The molecular formula is C15H21N3OS. The van der Waals surface area contributed by atoms with Crippen LogP contribution in [-0.4, -0.2) is 23.6 Å². The van der Waals surface area contributed by atoms with Gasteiger partial charge in [-0.05, 0) is 25.0 Å². The van der Waals surface area contributed by atoms with Gasteiger partial charge in [-0.25, -0.2) is 9.97 Å². The topological polar surface area (TPSA) is 47.0 Å². The smallest absolute Gasteiger partial charge is 0.171 e. The van der Waals surface area contributed by atoms with Crippen LogP contribution in [0.25, 0.3) is 10.7 Å². The summed E-state index contributed by atoms with van der Waals surface area (Å²) in [6.45, 7) is 5.71. The van der Waals surface area contributed by atoms with Crippen molar-refractivity contribution in [2.24, 2.45) is 0 Å². The molecule has 2 aromatic rings. The molecule has 0 fully saturated rings. The Morgan fingerprint density at radius 3 is 2.75 bits per heavy atom. The highest BCUT2D eigenvalue weighted by Gasteiger charge is 2.09. The molecule has 0 spiro atoms. The second-order valence-corrected chi connectivity index (χ2v) is 5.72. The van der Waals surface area contributed by atoms with Gasteiger partial charge < -0.3 is 10.1 Å². The minimum atomic E-state index is 0.502. The third kappa shape index (κ3) is 3.77. The molecule has 0 unspecified atom stereocenters. The number of anilines is 1. The zero-order valence-corrected chi connectivity index (χ0v) is 13.1. The number of thiophene rings is 1. The molecule has 108 valence electrons. The van der Waals surface area contributed by atoms with Gasteiger partial charge in [0.1, 0.15) is 5.82 Å². The van der Waals surface area contributed by atoms with Crippen LogP contribution in [0.2, 0.25) is 0 Å². The fourth-order valence-electron chi connectivity index (χ4n) is 1.86. The molecule has 2 heterocycles. The lowest BCUT2D eigenvalue weighted by atomic mass is 10.3. The average molecular weight is 291 g/mol. The van der Waals surface area contributed by atoms with E-state index in [1.807, 2.05) is 6.07 Å². The highest BCUT2D eigenvalue weighted by molar-refractivity contribution is 7.15. The Morgan fingerprint density at radius 2 is 2.10 bits per heavy atom. The Labute approximate surface area is 124 Å². The van der Waals surface area contributed by atoms with Crippen molar-refractivity contribution in [3.63, 3.8) is 0 Å². The summed E-state index contributed by atoms with van der Waals surface area (Å²) in [5.74, 6) is 1.65. The van der Waals surface area contributed by atoms with E-state index >= 15 is 0 Å². The number of methoxy groups -OCH3 is 1. The maximum atomic E-state index is 5.19. The highest BCUT2D eigenvalue weighted by atomic mass is 32.1. The summed E-state index contributed by atoms with van der Waals surface area (Å²) in [5, 5.41) is 3.32. The minimum absolute atomic E-state index is 0.502. The van der Waals surface area contributed by atoms with E-state index in [2.05, 4.69) is 41.3 Å². The number of rotatable bonds is 7. The molecule has 0 amide bonds. The first-order valence-corrected chi connectivity index (χ1v) is 7.78. The molecule has 0 aliphatic rings. The summed E-state index contributed by atoms with van der Waals surface area (Å²) in [6, 6.07) is 6.20. The van der Waals surface area contributed by atoms with Gasteiger partial charge in [-0.3, -0.25) is 0 Å². The zero-order chi connectivity index (χ0) is 14.4. The maximum Gasteiger partial charge on any atom is 0.171 e. The van der Waals surface area contributed by atoms with Gasteiger partial charge in [-0.1, -0.05) is 13.8 Å². The van der Waals surface area contributed by atoms with Gasteiger partial charge >= 0.3 is 0 Å². The lowest BCUT2D eigenvalue weighted by Crippen LogP contribution is -2.05. The summed E-state index contributed by atoms with van der Waals surface area (Å²) in [6.07, 6.45) is 2.11. The van der Waals surface area contributed by atoms with E-state index in [0.29, 0.717) is 6.61 Å². The van der Waals surface area contributed by atoms with Gasteiger partial charge in [0.2, 0.25) is 0 Å². The van der Waals surface area contributed by atoms with E-state index < -0.39 is 0 Å². The molecule has 0 aromatic carbocycles. The summed E-state index contributed by atoms with van der Waals surface area (Å²) >= 11 is 1.75. The molecule has 5 heteroatoms. The van der Waals surface area contributed by atoms with Crippen molar-refractivity contribution in [1.29, 1.82) is 0 Å². The van der Waals surface area contributed by atoms with E-state index in [-0.39, 0.29) is 0 Å². The van der Waals surface area contributed by atoms with Crippen LogP contribution in [0.1, 0.15) is 30.8 Å². The van der Waals surface area contributed by atoms with Crippen LogP contribution in [0.15, 0.2) is 18.2 Å². The molecule has 2 aromatic heterocycles. The van der Waals surface area contributed by atoms with Gasteiger partial charge in [-0.2, -0.15) is 0 Å². The summed E-state index contributed by atoms with van der Waals surface area (Å²) in [5.41, 5.74) is 0.905. The normalized spacial score (nSPS) is 10.8. The molecule has 20 heavy (non-hydrogen) atoms. The molecule has 4 nitrogen and oxygen atoms in total. The number of aryl methyl sites for hydroxylation is 1. The van der Waals surface area contributed by atoms with Gasteiger partial charge in [0.15, 0.2) is 5.82 Å². The van der Waals surface area contributed by atoms with Crippen LogP contribution in [0, 0.1) is 0 Å². The third-order valence-electron chi connectivity index (χ3n) is 2.86. The Kier molecular flexibility index (Phi) is 5.49. The summed E-state index contributed by atoms with van der Waals surface area (Å²) in [4.78, 5) is 11.6. The van der Waals surface area contributed by atoms with E-state index in [1.165, 1.54) is 4.88 Å². The van der Waals surface area contributed by atoms with Crippen LogP contribution in [0.3, 0.4) is 0 Å². The second kappa shape index (κ2) is 7.36. The lowest BCUT2D eigenvalue weighted by molar-refractivity contribution is 0.181. The van der Waals surface area contributed by atoms with Crippen molar-refractivity contribution >= 4 is 17.2 Å². The van der Waals surface area contributed by atoms with Crippen molar-refractivity contribution in [1.82, 2.24) is 9.97 Å². The maximum absolute atomic E-state index is 5.19. The molecule has 0 bridgehead atoms. The molecule has 2 rings (SSSR count). The number of ether oxygens (including phenoxy) is 1. The van der Waals surface area contributed by atoms with Crippen molar-refractivity contribution in [3.8, 4) is 10.7 Å². The van der Waals surface area contributed by atoms with Crippen LogP contribution >= 0.6 is 11.3 Å². The Hall–Kier alpha value is -1.46. The fraction of sp³-hybridized carbons (Fsp3) is 0.467. The highest BCUT2D eigenvalue weighted by Crippen LogP contribution is 2.27. The predicted molar refractivity (Wildman–Crippen MR) is 84.2 cm³/mol. The molecule has 0 radical (unpaired) electrons. The number of hydrogen-bond acceptors (Lipinski definition) is 5. The van der Waals surface area contributed by atoms with Crippen LogP contribution in [0.4, 0.5) is 5.82 Å². The van der Waals surface area contributed by atoms with Gasteiger partial charge in [0.05, 0.1) is 17.2 Å². The molecule has 0 saturated carbocycles. The monoisotopic (exact) mass is 291 g/mol. The molecule has 0 atom stereocenters. The lowest BCUT2D eigenvalue weighted by Gasteiger charge is -2.08. The van der Waals surface area contributed by atoms with Gasteiger partial charge in [-0.15, -0.1) is 11.3 Å². The molecule has 0 aliphatic carbocycles. The average Bonchev–Trinajstić information content (AvgIpc) is 2.94. The van der Waals surface area contributed by atoms with Crippen LogP contribution in [-0.2, 0) is 17.8 Å². The van der Waals surface area contributed by atoms with Crippen molar-refractivity contribution in [2.45, 2.75) is 33.3 Å². The molecule has 0 saturated heterocycles. The molecular weight excluding hydrogens is 270 g/mol. The van der Waals surface area contributed by atoms with Crippen molar-refractivity contribution < 1.29 is 4.74 Å². The first-order valence-electron chi connectivity index (χ1n) is 6.96. The molecule has 0 aliphatic heterocycles. The zero-order valence-electron chi connectivity index (χ0n) is 12.3.